The highest BCUT2D eigenvalue weighted by Crippen LogP contribution is 2.22. The van der Waals surface area contributed by atoms with Gasteiger partial charge in [-0.25, -0.2) is 4.98 Å². The summed E-state index contributed by atoms with van der Waals surface area (Å²) in [6, 6.07) is 11.5. The quantitative estimate of drug-likeness (QED) is 0.714. The first-order valence-corrected chi connectivity index (χ1v) is 9.43. The molecule has 7 heteroatoms. The number of rotatable bonds is 6. The minimum atomic E-state index is 0.158. The van der Waals surface area contributed by atoms with Gasteiger partial charge in [0.2, 0.25) is 5.91 Å². The third-order valence-electron chi connectivity index (χ3n) is 5.08. The van der Waals surface area contributed by atoms with Crippen LogP contribution in [0.15, 0.2) is 48.8 Å². The number of H-pyrrole nitrogens is 1. The van der Waals surface area contributed by atoms with E-state index >= 15 is 0 Å². The Kier molecular flexibility index (Phi) is 5.32. The molecular formula is C21H23N5O2. The van der Waals surface area contributed by atoms with E-state index in [1.54, 1.807) is 19.5 Å². The van der Waals surface area contributed by atoms with Crippen LogP contribution in [0.4, 0.5) is 0 Å². The third-order valence-corrected chi connectivity index (χ3v) is 5.08. The SMILES string of the molecule is COc1cccc(CC(=O)N2CCC(Cc3nc(-c4ccncc4)n[nH]3)C2)c1. The number of benzene rings is 1. The molecule has 0 aliphatic carbocycles. The highest BCUT2D eigenvalue weighted by atomic mass is 16.5. The molecular weight excluding hydrogens is 354 g/mol. The molecule has 0 saturated carbocycles. The minimum Gasteiger partial charge on any atom is -0.497 e. The van der Waals surface area contributed by atoms with Gasteiger partial charge < -0.3 is 9.64 Å². The van der Waals surface area contributed by atoms with E-state index in [9.17, 15) is 4.79 Å². The van der Waals surface area contributed by atoms with Gasteiger partial charge >= 0.3 is 0 Å². The molecule has 3 heterocycles. The molecule has 2 aromatic heterocycles. The Bertz CT molecular complexity index is 941. The van der Waals surface area contributed by atoms with Gasteiger partial charge in [0.1, 0.15) is 11.6 Å². The Morgan fingerprint density at radius 2 is 2.14 bits per heavy atom. The first-order valence-electron chi connectivity index (χ1n) is 9.43. The summed E-state index contributed by atoms with van der Waals surface area (Å²) in [6.45, 7) is 1.55. The lowest BCUT2D eigenvalue weighted by atomic mass is 10.0. The molecule has 0 spiro atoms. The van der Waals surface area contributed by atoms with Crippen molar-refractivity contribution in [2.24, 2.45) is 5.92 Å². The lowest BCUT2D eigenvalue weighted by molar-refractivity contribution is -0.129. The summed E-state index contributed by atoms with van der Waals surface area (Å²) >= 11 is 0. The van der Waals surface area contributed by atoms with Gasteiger partial charge in [0.15, 0.2) is 5.82 Å². The van der Waals surface area contributed by atoms with Crippen LogP contribution in [0.5, 0.6) is 5.75 Å². The molecule has 28 heavy (non-hydrogen) atoms. The van der Waals surface area contributed by atoms with Crippen molar-refractivity contribution in [2.75, 3.05) is 20.2 Å². The number of hydrogen-bond acceptors (Lipinski definition) is 5. The zero-order valence-electron chi connectivity index (χ0n) is 15.8. The van der Waals surface area contributed by atoms with Gasteiger partial charge in [-0.3, -0.25) is 14.9 Å². The number of aromatic amines is 1. The van der Waals surface area contributed by atoms with E-state index in [1.807, 2.05) is 41.3 Å². The summed E-state index contributed by atoms with van der Waals surface area (Å²) in [7, 11) is 1.63. The molecule has 7 nitrogen and oxygen atoms in total. The fraction of sp³-hybridized carbons (Fsp3) is 0.333. The third kappa shape index (κ3) is 4.19. The summed E-state index contributed by atoms with van der Waals surface area (Å²) in [5.41, 5.74) is 1.92. The molecule has 1 unspecified atom stereocenters. The molecule has 1 fully saturated rings. The maximum absolute atomic E-state index is 12.6. The number of carbonyl (C=O) groups is 1. The molecule has 1 N–H and O–H groups in total. The summed E-state index contributed by atoms with van der Waals surface area (Å²) in [4.78, 5) is 23.2. The topological polar surface area (TPSA) is 84.0 Å². The molecule has 4 rings (SSSR count). The fourth-order valence-electron chi connectivity index (χ4n) is 3.58. The lowest BCUT2D eigenvalue weighted by Crippen LogP contribution is -2.30. The molecule has 1 saturated heterocycles. The summed E-state index contributed by atoms with van der Waals surface area (Å²) in [5, 5.41) is 7.33. The van der Waals surface area contributed by atoms with E-state index in [1.165, 1.54) is 0 Å². The molecule has 1 aromatic carbocycles. The van der Waals surface area contributed by atoms with Crippen molar-refractivity contribution in [3.63, 3.8) is 0 Å². The number of aromatic nitrogens is 4. The monoisotopic (exact) mass is 377 g/mol. The van der Waals surface area contributed by atoms with Crippen LogP contribution >= 0.6 is 0 Å². The number of nitrogens with zero attached hydrogens (tertiary/aromatic N) is 4. The number of hydrogen-bond donors (Lipinski definition) is 1. The summed E-state index contributed by atoms with van der Waals surface area (Å²) in [6.07, 6.45) is 5.64. The number of carbonyl (C=O) groups excluding carboxylic acids is 1. The van der Waals surface area contributed by atoms with E-state index in [4.69, 9.17) is 4.74 Å². The Balaban J connectivity index is 1.33. The second-order valence-electron chi connectivity index (χ2n) is 7.07. The fourth-order valence-corrected chi connectivity index (χ4v) is 3.58. The van der Waals surface area contributed by atoms with E-state index in [2.05, 4.69) is 20.2 Å². The van der Waals surface area contributed by atoms with Gasteiger partial charge in [0, 0.05) is 37.5 Å². The smallest absolute Gasteiger partial charge is 0.227 e. The van der Waals surface area contributed by atoms with Crippen molar-refractivity contribution in [1.82, 2.24) is 25.1 Å². The van der Waals surface area contributed by atoms with E-state index in [0.717, 1.165) is 48.6 Å². The molecule has 1 atom stereocenters. The van der Waals surface area contributed by atoms with Crippen molar-refractivity contribution in [3.05, 3.63) is 60.2 Å². The largest absolute Gasteiger partial charge is 0.497 e. The van der Waals surface area contributed by atoms with E-state index in [-0.39, 0.29) is 5.91 Å². The molecule has 1 aliphatic heterocycles. The maximum Gasteiger partial charge on any atom is 0.227 e. The Hall–Kier alpha value is -3.22. The first-order chi connectivity index (χ1) is 13.7. The van der Waals surface area contributed by atoms with Crippen LogP contribution < -0.4 is 4.74 Å². The molecule has 0 radical (unpaired) electrons. The minimum absolute atomic E-state index is 0.158. The second-order valence-corrected chi connectivity index (χ2v) is 7.07. The van der Waals surface area contributed by atoms with Crippen LogP contribution in [0.25, 0.3) is 11.4 Å². The van der Waals surface area contributed by atoms with Gasteiger partial charge in [-0.1, -0.05) is 12.1 Å². The van der Waals surface area contributed by atoms with Crippen molar-refractivity contribution in [1.29, 1.82) is 0 Å². The summed E-state index contributed by atoms with van der Waals surface area (Å²) < 4.78 is 5.23. The Morgan fingerprint density at radius 3 is 2.96 bits per heavy atom. The van der Waals surface area contributed by atoms with Crippen molar-refractivity contribution in [3.8, 4) is 17.1 Å². The maximum atomic E-state index is 12.6. The highest BCUT2D eigenvalue weighted by molar-refractivity contribution is 5.79. The first kappa shape index (κ1) is 18.2. The number of pyridine rings is 1. The van der Waals surface area contributed by atoms with Gasteiger partial charge in [0.25, 0.3) is 0 Å². The zero-order chi connectivity index (χ0) is 19.3. The van der Waals surface area contributed by atoms with Crippen LogP contribution in [0.3, 0.4) is 0 Å². The van der Waals surface area contributed by atoms with Crippen LogP contribution in [0.2, 0.25) is 0 Å². The predicted octanol–water partition coefficient (Wildman–Crippen LogP) is 2.51. The number of amides is 1. The van der Waals surface area contributed by atoms with Crippen molar-refractivity contribution < 1.29 is 9.53 Å². The average molecular weight is 377 g/mol. The lowest BCUT2D eigenvalue weighted by Gasteiger charge is -2.16. The van der Waals surface area contributed by atoms with Gasteiger partial charge in [-0.15, -0.1) is 0 Å². The number of nitrogens with one attached hydrogen (secondary N) is 1. The number of ether oxygens (including phenoxy) is 1. The van der Waals surface area contributed by atoms with E-state index < -0.39 is 0 Å². The second kappa shape index (κ2) is 8.21. The van der Waals surface area contributed by atoms with Gasteiger partial charge in [0.05, 0.1) is 13.5 Å². The number of likely N-dealkylation sites (tertiary alicyclic amines) is 1. The number of methoxy groups -OCH3 is 1. The van der Waals surface area contributed by atoms with Gasteiger partial charge in [-0.05, 0) is 42.2 Å². The van der Waals surface area contributed by atoms with E-state index in [0.29, 0.717) is 18.2 Å². The standard InChI is InChI=1S/C21H23N5O2/c1-28-18-4-2-3-15(11-18)13-20(27)26-10-7-16(14-26)12-19-23-21(25-24-19)17-5-8-22-9-6-17/h2-6,8-9,11,16H,7,10,12-14H2,1H3,(H,23,24,25). The average Bonchev–Trinajstić information content (AvgIpc) is 3.39. The van der Waals surface area contributed by atoms with Gasteiger partial charge in [-0.2, -0.15) is 5.10 Å². The van der Waals surface area contributed by atoms with Crippen LogP contribution in [0.1, 0.15) is 17.8 Å². The van der Waals surface area contributed by atoms with Crippen LogP contribution in [-0.4, -0.2) is 51.2 Å². The molecule has 0 bridgehead atoms. The molecule has 144 valence electrons. The van der Waals surface area contributed by atoms with Crippen molar-refractivity contribution in [2.45, 2.75) is 19.3 Å². The Labute approximate surface area is 163 Å². The molecule has 1 aliphatic rings. The Morgan fingerprint density at radius 1 is 1.29 bits per heavy atom. The van der Waals surface area contributed by atoms with Crippen molar-refractivity contribution >= 4 is 5.91 Å². The highest BCUT2D eigenvalue weighted by Gasteiger charge is 2.27. The zero-order valence-corrected chi connectivity index (χ0v) is 15.8. The predicted molar refractivity (Wildman–Crippen MR) is 105 cm³/mol. The van der Waals surface area contributed by atoms with Crippen LogP contribution in [0, 0.1) is 5.92 Å². The summed E-state index contributed by atoms with van der Waals surface area (Å²) in [5.74, 6) is 2.87. The van der Waals surface area contributed by atoms with Crippen LogP contribution in [-0.2, 0) is 17.6 Å². The molecule has 3 aromatic rings. The normalized spacial score (nSPS) is 16.3. The molecule has 1 amide bonds.